The van der Waals surface area contributed by atoms with Crippen molar-refractivity contribution in [3.63, 3.8) is 0 Å². The molecule has 0 unspecified atom stereocenters. The molecule has 0 radical (unpaired) electrons. The second kappa shape index (κ2) is 7.68. The molecule has 2 aromatic heterocycles. The summed E-state index contributed by atoms with van der Waals surface area (Å²) in [7, 11) is 0. The number of H-pyrrole nitrogens is 1. The lowest BCUT2D eigenvalue weighted by Crippen LogP contribution is -2.26. The minimum atomic E-state index is -0.662. The standard InChI is InChI=1S/C23H19F3N4O/c24-16-3-1-14(2-4-16)22-21(19-8-17(25)9-20(26)23(19)29-22)15-5-13(6-15)7-18(31)10-30-11-27-28-12-30/h1-4,8-9,11-13,15,29H,5-7,10H2. The third-order valence-electron chi connectivity index (χ3n) is 5.98. The second-order valence-electron chi connectivity index (χ2n) is 8.14. The third-order valence-corrected chi connectivity index (χ3v) is 5.98. The Bertz CT molecular complexity index is 1240. The largest absolute Gasteiger partial charge is 0.352 e. The van der Waals surface area contributed by atoms with Gasteiger partial charge in [0, 0.05) is 17.9 Å². The van der Waals surface area contributed by atoms with Crippen LogP contribution >= 0.6 is 0 Å². The number of aromatic amines is 1. The van der Waals surface area contributed by atoms with E-state index in [0.717, 1.165) is 24.5 Å². The van der Waals surface area contributed by atoms with Gasteiger partial charge in [0.2, 0.25) is 0 Å². The van der Waals surface area contributed by atoms with Crippen molar-refractivity contribution in [3.05, 3.63) is 72.1 Å². The number of hydrogen-bond donors (Lipinski definition) is 1. The van der Waals surface area contributed by atoms with Gasteiger partial charge in [0.15, 0.2) is 5.78 Å². The monoisotopic (exact) mass is 424 g/mol. The van der Waals surface area contributed by atoms with E-state index in [1.165, 1.54) is 30.9 Å². The van der Waals surface area contributed by atoms with Crippen molar-refractivity contribution >= 4 is 16.7 Å². The van der Waals surface area contributed by atoms with Crippen molar-refractivity contribution in [2.75, 3.05) is 0 Å². The summed E-state index contributed by atoms with van der Waals surface area (Å²) in [5.74, 6) is -1.31. The number of Topliss-reactive ketones (excluding diaryl/α,β-unsaturated/α-hetero) is 1. The lowest BCUT2D eigenvalue weighted by Gasteiger charge is -2.36. The zero-order chi connectivity index (χ0) is 21.5. The number of carbonyl (C=O) groups excluding carboxylic acids is 1. The van der Waals surface area contributed by atoms with Crippen LogP contribution in [0.1, 0.15) is 30.7 Å². The molecule has 5 nitrogen and oxygen atoms in total. The van der Waals surface area contributed by atoms with Crippen molar-refractivity contribution in [3.8, 4) is 11.3 Å². The number of fused-ring (bicyclic) bond motifs is 1. The topological polar surface area (TPSA) is 63.6 Å². The number of hydrogen-bond acceptors (Lipinski definition) is 3. The quantitative estimate of drug-likeness (QED) is 0.474. The average molecular weight is 424 g/mol. The smallest absolute Gasteiger partial charge is 0.152 e. The van der Waals surface area contributed by atoms with E-state index in [1.54, 1.807) is 16.7 Å². The molecule has 0 amide bonds. The highest BCUT2D eigenvalue weighted by molar-refractivity contribution is 5.92. The Labute approximate surface area is 175 Å². The van der Waals surface area contributed by atoms with E-state index in [9.17, 15) is 18.0 Å². The number of benzene rings is 2. The Hall–Kier alpha value is -3.42. The molecular formula is C23H19F3N4O. The SMILES string of the molecule is O=C(CC1CC(c2c(-c3ccc(F)cc3)[nH]c3c(F)cc(F)cc23)C1)Cn1cnnc1. The summed E-state index contributed by atoms with van der Waals surface area (Å²) in [6, 6.07) is 8.11. The fourth-order valence-electron chi connectivity index (χ4n) is 4.54. The van der Waals surface area contributed by atoms with E-state index in [2.05, 4.69) is 15.2 Å². The van der Waals surface area contributed by atoms with Gasteiger partial charge in [-0.2, -0.15) is 0 Å². The first-order valence-electron chi connectivity index (χ1n) is 10.1. The first kappa shape index (κ1) is 19.5. The van der Waals surface area contributed by atoms with Crippen LogP contribution in [0.3, 0.4) is 0 Å². The zero-order valence-electron chi connectivity index (χ0n) is 16.5. The molecule has 2 aromatic carbocycles. The summed E-state index contributed by atoms with van der Waals surface area (Å²) in [4.78, 5) is 15.4. The van der Waals surface area contributed by atoms with Crippen molar-refractivity contribution < 1.29 is 18.0 Å². The summed E-state index contributed by atoms with van der Waals surface area (Å²) in [5.41, 5.74) is 2.43. The summed E-state index contributed by atoms with van der Waals surface area (Å²) < 4.78 is 43.5. The fraction of sp³-hybridized carbons (Fsp3) is 0.261. The van der Waals surface area contributed by atoms with Gasteiger partial charge in [0.25, 0.3) is 0 Å². The molecule has 0 atom stereocenters. The van der Waals surface area contributed by atoms with Gasteiger partial charge >= 0.3 is 0 Å². The predicted molar refractivity (Wildman–Crippen MR) is 109 cm³/mol. The maximum absolute atomic E-state index is 14.4. The molecule has 4 aromatic rings. The highest BCUT2D eigenvalue weighted by Crippen LogP contribution is 2.49. The van der Waals surface area contributed by atoms with E-state index in [-0.39, 0.29) is 35.5 Å². The van der Waals surface area contributed by atoms with E-state index >= 15 is 0 Å². The Morgan fingerprint density at radius 3 is 2.45 bits per heavy atom. The number of carbonyl (C=O) groups is 1. The summed E-state index contributed by atoms with van der Waals surface area (Å²) in [5, 5.41) is 7.88. The van der Waals surface area contributed by atoms with E-state index in [1.807, 2.05) is 0 Å². The van der Waals surface area contributed by atoms with E-state index < -0.39 is 11.6 Å². The van der Waals surface area contributed by atoms with Gasteiger partial charge in [-0.05, 0) is 66.1 Å². The number of halogens is 3. The highest BCUT2D eigenvalue weighted by atomic mass is 19.1. The van der Waals surface area contributed by atoms with Crippen LogP contribution in [-0.4, -0.2) is 25.5 Å². The molecule has 0 bridgehead atoms. The molecule has 158 valence electrons. The predicted octanol–water partition coefficient (Wildman–Crippen LogP) is 5.00. The van der Waals surface area contributed by atoms with Gasteiger partial charge in [-0.15, -0.1) is 10.2 Å². The fourth-order valence-corrected chi connectivity index (χ4v) is 4.54. The molecule has 31 heavy (non-hydrogen) atoms. The van der Waals surface area contributed by atoms with Crippen LogP contribution in [0.15, 0.2) is 49.1 Å². The molecule has 5 rings (SSSR count). The molecule has 1 aliphatic carbocycles. The van der Waals surface area contributed by atoms with Crippen LogP contribution < -0.4 is 0 Å². The van der Waals surface area contributed by atoms with Crippen LogP contribution in [-0.2, 0) is 11.3 Å². The lowest BCUT2D eigenvalue weighted by atomic mass is 9.68. The summed E-state index contributed by atoms with van der Waals surface area (Å²) >= 11 is 0. The second-order valence-corrected chi connectivity index (χ2v) is 8.14. The summed E-state index contributed by atoms with van der Waals surface area (Å²) in [6.45, 7) is 0.235. The highest BCUT2D eigenvalue weighted by Gasteiger charge is 2.35. The molecule has 0 saturated heterocycles. The van der Waals surface area contributed by atoms with Crippen LogP contribution in [0, 0.1) is 23.4 Å². The van der Waals surface area contributed by atoms with E-state index in [4.69, 9.17) is 0 Å². The van der Waals surface area contributed by atoms with Crippen molar-refractivity contribution in [2.45, 2.75) is 31.7 Å². The lowest BCUT2D eigenvalue weighted by molar-refractivity contribution is -0.121. The van der Waals surface area contributed by atoms with Crippen LogP contribution in [0.2, 0.25) is 0 Å². The normalized spacial score (nSPS) is 18.3. The minimum Gasteiger partial charge on any atom is -0.352 e. The number of nitrogens with one attached hydrogen (secondary N) is 1. The minimum absolute atomic E-state index is 0.0581. The number of rotatable bonds is 6. The average Bonchev–Trinajstić information content (AvgIpc) is 3.33. The zero-order valence-corrected chi connectivity index (χ0v) is 16.5. The summed E-state index contributed by atoms with van der Waals surface area (Å²) in [6.07, 6.45) is 4.93. The van der Waals surface area contributed by atoms with Gasteiger partial charge in [-0.25, -0.2) is 13.2 Å². The third kappa shape index (κ3) is 3.73. The number of aromatic nitrogens is 4. The maximum Gasteiger partial charge on any atom is 0.152 e. The molecule has 1 N–H and O–H groups in total. The molecule has 1 saturated carbocycles. The first-order valence-corrected chi connectivity index (χ1v) is 10.1. The molecular weight excluding hydrogens is 405 g/mol. The first-order chi connectivity index (χ1) is 15.0. The van der Waals surface area contributed by atoms with Gasteiger partial charge in [0.05, 0.1) is 17.8 Å². The van der Waals surface area contributed by atoms with Crippen LogP contribution in [0.25, 0.3) is 22.2 Å². The molecule has 2 heterocycles. The van der Waals surface area contributed by atoms with Crippen molar-refractivity contribution in [2.24, 2.45) is 5.92 Å². The molecule has 8 heteroatoms. The maximum atomic E-state index is 14.4. The van der Waals surface area contributed by atoms with Gasteiger partial charge in [-0.1, -0.05) is 0 Å². The number of nitrogens with zero attached hydrogens (tertiary/aromatic N) is 3. The van der Waals surface area contributed by atoms with Crippen molar-refractivity contribution in [1.29, 1.82) is 0 Å². The Kier molecular flexibility index (Phi) is 4.84. The van der Waals surface area contributed by atoms with Crippen LogP contribution in [0.4, 0.5) is 13.2 Å². The molecule has 0 aliphatic heterocycles. The van der Waals surface area contributed by atoms with Crippen molar-refractivity contribution in [1.82, 2.24) is 19.7 Å². The Morgan fingerprint density at radius 1 is 1.03 bits per heavy atom. The van der Waals surface area contributed by atoms with Crippen LogP contribution in [0.5, 0.6) is 0 Å². The van der Waals surface area contributed by atoms with Gasteiger partial charge in [-0.3, -0.25) is 4.79 Å². The van der Waals surface area contributed by atoms with E-state index in [0.29, 0.717) is 23.1 Å². The molecule has 1 fully saturated rings. The van der Waals surface area contributed by atoms with Gasteiger partial charge < -0.3 is 9.55 Å². The molecule has 1 aliphatic rings. The van der Waals surface area contributed by atoms with Gasteiger partial charge in [0.1, 0.15) is 30.1 Å². The Morgan fingerprint density at radius 2 is 1.74 bits per heavy atom. The molecule has 0 spiro atoms. The Balaban J connectivity index is 1.42. The number of ketones is 1.